The summed E-state index contributed by atoms with van der Waals surface area (Å²) in [5.74, 6) is 1.11. The predicted molar refractivity (Wildman–Crippen MR) is 103 cm³/mol. The zero-order chi connectivity index (χ0) is 17.1. The molecule has 0 saturated carbocycles. The van der Waals surface area contributed by atoms with E-state index in [4.69, 9.17) is 4.42 Å². The molecule has 2 heterocycles. The summed E-state index contributed by atoms with van der Waals surface area (Å²) in [6.07, 6.45) is 6.21. The van der Waals surface area contributed by atoms with Gasteiger partial charge in [-0.05, 0) is 29.8 Å². The number of rotatable bonds is 4. The van der Waals surface area contributed by atoms with E-state index in [2.05, 4.69) is 60.5 Å². The molecule has 122 valence electrons. The molecule has 2 nitrogen and oxygen atoms in total. The van der Waals surface area contributed by atoms with Crippen LogP contribution in [0.25, 0.3) is 28.4 Å². The minimum atomic E-state index is 0.255. The Morgan fingerprint density at radius 2 is 1.72 bits per heavy atom. The highest BCUT2D eigenvalue weighted by Gasteiger charge is 2.08. The van der Waals surface area contributed by atoms with Crippen LogP contribution in [0.5, 0.6) is 0 Å². The van der Waals surface area contributed by atoms with Crippen LogP contribution in [0, 0.1) is 0 Å². The van der Waals surface area contributed by atoms with Crippen molar-refractivity contribution in [2.75, 3.05) is 0 Å². The topological polar surface area (TPSA) is 26.0 Å². The summed E-state index contributed by atoms with van der Waals surface area (Å²) in [6.45, 7) is 2.16. The quantitative estimate of drug-likeness (QED) is 0.439. The molecule has 0 radical (unpaired) electrons. The van der Waals surface area contributed by atoms with E-state index in [0.29, 0.717) is 0 Å². The molecule has 0 aliphatic heterocycles. The molecule has 0 aliphatic carbocycles. The molecule has 2 aromatic heterocycles. The fourth-order valence-electron chi connectivity index (χ4n) is 2.86. The first kappa shape index (κ1) is 15.4. The van der Waals surface area contributed by atoms with Crippen LogP contribution in [0.2, 0.25) is 0 Å². The van der Waals surface area contributed by atoms with Crippen molar-refractivity contribution in [2.45, 2.75) is 12.8 Å². The van der Waals surface area contributed by atoms with E-state index in [9.17, 15) is 0 Å². The van der Waals surface area contributed by atoms with Gasteiger partial charge in [-0.3, -0.25) is 4.98 Å². The van der Waals surface area contributed by atoms with Gasteiger partial charge in [-0.2, -0.15) is 0 Å². The summed E-state index contributed by atoms with van der Waals surface area (Å²) in [6, 6.07) is 24.6. The Balaban J connectivity index is 1.54. The summed E-state index contributed by atoms with van der Waals surface area (Å²) in [5.41, 5.74) is 4.15. The minimum Gasteiger partial charge on any atom is -0.456 e. The Kier molecular flexibility index (Phi) is 4.17. The molecule has 1 atom stereocenters. The summed E-state index contributed by atoms with van der Waals surface area (Å²) < 4.78 is 5.91. The highest BCUT2D eigenvalue weighted by atomic mass is 16.3. The second kappa shape index (κ2) is 6.78. The molecule has 25 heavy (non-hydrogen) atoms. The minimum absolute atomic E-state index is 0.255. The third kappa shape index (κ3) is 3.38. The zero-order valence-electron chi connectivity index (χ0n) is 14.1. The van der Waals surface area contributed by atoms with Gasteiger partial charge in [0.05, 0.1) is 0 Å². The van der Waals surface area contributed by atoms with Crippen molar-refractivity contribution < 1.29 is 4.42 Å². The number of para-hydroxylation sites is 1. The Labute approximate surface area is 147 Å². The summed E-state index contributed by atoms with van der Waals surface area (Å²) in [5, 5.41) is 1.11. The molecule has 0 N–H and O–H groups in total. The van der Waals surface area contributed by atoms with Crippen molar-refractivity contribution in [3.05, 3.63) is 96.3 Å². The van der Waals surface area contributed by atoms with E-state index >= 15 is 0 Å². The monoisotopic (exact) mass is 325 g/mol. The van der Waals surface area contributed by atoms with Crippen LogP contribution in [0.4, 0.5) is 0 Å². The largest absolute Gasteiger partial charge is 0.456 e. The van der Waals surface area contributed by atoms with Gasteiger partial charge in [-0.15, -0.1) is 0 Å². The number of fused-ring (bicyclic) bond motifs is 1. The maximum atomic E-state index is 5.91. The number of nitrogens with zero attached hydrogens (tertiary/aromatic N) is 1. The molecule has 0 spiro atoms. The fourth-order valence-corrected chi connectivity index (χ4v) is 2.86. The van der Waals surface area contributed by atoms with Crippen molar-refractivity contribution in [1.29, 1.82) is 0 Å². The highest BCUT2D eigenvalue weighted by Crippen LogP contribution is 2.28. The molecule has 4 aromatic rings. The third-order valence-corrected chi connectivity index (χ3v) is 4.34. The first-order valence-electron chi connectivity index (χ1n) is 8.48. The van der Waals surface area contributed by atoms with E-state index in [1.807, 2.05) is 42.6 Å². The van der Waals surface area contributed by atoms with Gasteiger partial charge in [-0.25, -0.2) is 0 Å². The maximum absolute atomic E-state index is 5.91. The Morgan fingerprint density at radius 3 is 2.48 bits per heavy atom. The second-order valence-corrected chi connectivity index (χ2v) is 6.18. The maximum Gasteiger partial charge on any atom is 0.136 e. The third-order valence-electron chi connectivity index (χ3n) is 4.34. The van der Waals surface area contributed by atoms with Crippen LogP contribution in [-0.4, -0.2) is 4.98 Å². The number of hydrogen-bond acceptors (Lipinski definition) is 2. The van der Waals surface area contributed by atoms with Crippen molar-refractivity contribution in [3.8, 4) is 11.3 Å². The van der Waals surface area contributed by atoms with Crippen LogP contribution in [0.15, 0.2) is 89.5 Å². The van der Waals surface area contributed by atoms with Crippen LogP contribution in [-0.2, 0) is 0 Å². The van der Waals surface area contributed by atoms with E-state index in [1.165, 1.54) is 5.56 Å². The zero-order valence-corrected chi connectivity index (χ0v) is 14.1. The Hall–Kier alpha value is -3.13. The van der Waals surface area contributed by atoms with Crippen LogP contribution >= 0.6 is 0 Å². The van der Waals surface area contributed by atoms with E-state index in [1.54, 1.807) is 0 Å². The van der Waals surface area contributed by atoms with Gasteiger partial charge in [0.25, 0.3) is 0 Å². The first-order valence-corrected chi connectivity index (χ1v) is 8.48. The molecule has 0 saturated heterocycles. The van der Waals surface area contributed by atoms with E-state index < -0.39 is 0 Å². The van der Waals surface area contributed by atoms with Gasteiger partial charge in [0.1, 0.15) is 11.3 Å². The summed E-state index contributed by atoms with van der Waals surface area (Å²) in [4.78, 5) is 4.63. The molecular formula is C23H19NO. The lowest BCUT2D eigenvalue weighted by atomic mass is 10.0. The lowest BCUT2D eigenvalue weighted by Gasteiger charge is -2.06. The lowest BCUT2D eigenvalue weighted by molar-refractivity contribution is 0.631. The predicted octanol–water partition coefficient (Wildman–Crippen LogP) is 6.31. The summed E-state index contributed by atoms with van der Waals surface area (Å²) in [7, 11) is 0. The van der Waals surface area contributed by atoms with Gasteiger partial charge in [0.2, 0.25) is 0 Å². The van der Waals surface area contributed by atoms with Crippen LogP contribution in [0.1, 0.15) is 24.1 Å². The number of hydrogen-bond donors (Lipinski definition) is 0. The van der Waals surface area contributed by atoms with Gasteiger partial charge in [0, 0.05) is 28.8 Å². The molecule has 4 rings (SSSR count). The molecule has 2 aromatic carbocycles. The Morgan fingerprint density at radius 1 is 0.920 bits per heavy atom. The van der Waals surface area contributed by atoms with Crippen molar-refractivity contribution >= 4 is 17.0 Å². The first-order chi connectivity index (χ1) is 12.3. The van der Waals surface area contributed by atoms with Crippen molar-refractivity contribution in [2.24, 2.45) is 0 Å². The molecule has 0 bridgehead atoms. The molecular weight excluding hydrogens is 306 g/mol. The molecule has 0 aliphatic rings. The number of pyridine rings is 1. The number of allylic oxidation sites excluding steroid dienone is 1. The number of benzene rings is 2. The van der Waals surface area contributed by atoms with E-state index in [-0.39, 0.29) is 5.92 Å². The molecule has 0 amide bonds. The van der Waals surface area contributed by atoms with Crippen molar-refractivity contribution in [1.82, 2.24) is 4.98 Å². The molecule has 2 heteroatoms. The molecule has 0 fully saturated rings. The standard InChI is InChI=1S/C23H19NO/c1-17(11-12-18-7-3-2-4-8-18)21-14-13-20(16-24-21)23-15-19-9-5-6-10-22(19)25-23/h2-17H,1H3/b12-11+/t17-/m1/s1. The lowest BCUT2D eigenvalue weighted by Crippen LogP contribution is -1.93. The number of furan rings is 1. The summed E-state index contributed by atoms with van der Waals surface area (Å²) >= 11 is 0. The van der Waals surface area contributed by atoms with E-state index in [0.717, 1.165) is 28.0 Å². The van der Waals surface area contributed by atoms with Gasteiger partial charge in [0.15, 0.2) is 0 Å². The Bertz CT molecular complexity index is 964. The average Bonchev–Trinajstić information content (AvgIpc) is 3.11. The van der Waals surface area contributed by atoms with Crippen LogP contribution in [0.3, 0.4) is 0 Å². The normalized spacial score (nSPS) is 12.7. The van der Waals surface area contributed by atoms with Crippen LogP contribution < -0.4 is 0 Å². The second-order valence-electron chi connectivity index (χ2n) is 6.18. The highest BCUT2D eigenvalue weighted by molar-refractivity contribution is 5.82. The van der Waals surface area contributed by atoms with Gasteiger partial charge < -0.3 is 4.42 Å². The van der Waals surface area contributed by atoms with Gasteiger partial charge in [-0.1, -0.05) is 67.6 Å². The van der Waals surface area contributed by atoms with Gasteiger partial charge >= 0.3 is 0 Å². The average molecular weight is 325 g/mol. The SMILES string of the molecule is C[C@H](/C=C/c1ccccc1)c1ccc(-c2cc3ccccc3o2)cn1. The van der Waals surface area contributed by atoms with Crippen molar-refractivity contribution in [3.63, 3.8) is 0 Å². The smallest absolute Gasteiger partial charge is 0.136 e. The molecule has 0 unspecified atom stereocenters. The number of aromatic nitrogens is 1. The fraction of sp³-hybridized carbons (Fsp3) is 0.0870.